The Labute approximate surface area is 76.9 Å². The largest absolute Gasteiger partial charge is 0.194 e. The van der Waals surface area contributed by atoms with E-state index in [4.69, 9.17) is 5.26 Å². The van der Waals surface area contributed by atoms with E-state index in [1.165, 1.54) is 12.8 Å². The molecule has 0 atom stereocenters. The third-order valence-electron chi connectivity index (χ3n) is 1.38. The van der Waals surface area contributed by atoms with Crippen LogP contribution in [0.5, 0.6) is 0 Å². The molecule has 63 valence electrons. The van der Waals surface area contributed by atoms with E-state index in [9.17, 15) is 0 Å². The van der Waals surface area contributed by atoms with Gasteiger partial charge in [-0.05, 0) is 24.6 Å². The van der Waals surface area contributed by atoms with Crippen molar-refractivity contribution in [2.75, 3.05) is 0 Å². The van der Waals surface area contributed by atoms with E-state index < -0.39 is 0 Å². The van der Waals surface area contributed by atoms with Crippen LogP contribution in [0.3, 0.4) is 0 Å². The molecule has 0 heterocycles. The van der Waals surface area contributed by atoms with Crippen molar-refractivity contribution >= 4 is 14.8 Å². The van der Waals surface area contributed by atoms with Gasteiger partial charge in [-0.1, -0.05) is 31.2 Å². The van der Waals surface area contributed by atoms with E-state index in [1.54, 1.807) is 11.7 Å². The van der Waals surface area contributed by atoms with E-state index in [2.05, 4.69) is 12.7 Å². The fourth-order valence-electron chi connectivity index (χ4n) is 0.800. The number of hydrogen-bond acceptors (Lipinski definition) is 1. The van der Waals surface area contributed by atoms with Crippen molar-refractivity contribution in [2.45, 2.75) is 25.3 Å². The van der Waals surface area contributed by atoms with Crippen LogP contribution in [-0.4, -0.2) is 14.8 Å². The molecule has 0 aliphatic rings. The van der Waals surface area contributed by atoms with Crippen molar-refractivity contribution in [2.24, 2.45) is 0 Å². The lowest BCUT2D eigenvalue weighted by atomic mass is 10.2. The number of rotatable bonds is 6. The van der Waals surface area contributed by atoms with Gasteiger partial charge in [-0.3, -0.25) is 0 Å². The van der Waals surface area contributed by atoms with Crippen molar-refractivity contribution in [3.8, 4) is 6.07 Å². The summed E-state index contributed by atoms with van der Waals surface area (Å²) in [4.78, 5) is 0. The van der Waals surface area contributed by atoms with Crippen LogP contribution in [-0.2, 0) is 0 Å². The van der Waals surface area contributed by atoms with Crippen LogP contribution in [0, 0.1) is 11.3 Å². The second-order valence-corrected chi connectivity index (χ2v) is 3.58. The third-order valence-corrected chi connectivity index (χ3v) is 2.36. The average Bonchev–Trinajstić information content (AvgIpc) is 2.10. The third kappa shape index (κ3) is 9.06. The molecule has 0 unspecified atom stereocenters. The summed E-state index contributed by atoms with van der Waals surface area (Å²) in [5.41, 5.74) is 1.69. The minimum atomic E-state index is 0.714. The number of unbranched alkanes of at least 4 members (excludes halogenated alkanes) is 2. The zero-order chi connectivity index (χ0) is 9.07. The Morgan fingerprint density at radius 3 is 2.92 bits per heavy atom. The van der Waals surface area contributed by atoms with Crippen molar-refractivity contribution in [1.82, 2.24) is 0 Å². The highest BCUT2D eigenvalue weighted by atomic mass is 28.2. The molecule has 0 aliphatic heterocycles. The second-order valence-electron chi connectivity index (χ2n) is 2.39. The molecular formula is C10H14NSi. The number of allylic oxidation sites excluding steroid dienone is 3. The van der Waals surface area contributed by atoms with Gasteiger partial charge < -0.3 is 0 Å². The van der Waals surface area contributed by atoms with Gasteiger partial charge in [0.2, 0.25) is 0 Å². The van der Waals surface area contributed by atoms with Crippen LogP contribution in [0.4, 0.5) is 0 Å². The van der Waals surface area contributed by atoms with Crippen LogP contribution in [0.1, 0.15) is 19.3 Å². The van der Waals surface area contributed by atoms with Crippen LogP contribution in [0.25, 0.3) is 0 Å². The fourth-order valence-corrected chi connectivity index (χ4v) is 1.49. The Balaban J connectivity index is 3.12. The van der Waals surface area contributed by atoms with Gasteiger partial charge in [0, 0.05) is 9.13 Å². The molecule has 1 nitrogen and oxygen atoms in total. The summed E-state index contributed by atoms with van der Waals surface area (Å²) in [7, 11) is 0.714. The molecular weight excluding hydrogens is 162 g/mol. The Hall–Kier alpha value is -0.943. The van der Waals surface area contributed by atoms with Crippen LogP contribution in [0.15, 0.2) is 24.8 Å². The van der Waals surface area contributed by atoms with Gasteiger partial charge >= 0.3 is 0 Å². The van der Waals surface area contributed by atoms with Crippen molar-refractivity contribution in [1.29, 1.82) is 5.26 Å². The maximum Gasteiger partial charge on any atom is 0.0859 e. The Bertz CT molecular complexity index is 198. The van der Waals surface area contributed by atoms with Crippen molar-refractivity contribution < 1.29 is 0 Å². The predicted octanol–water partition coefficient (Wildman–Crippen LogP) is 2.35. The molecule has 0 amide bonds. The predicted molar refractivity (Wildman–Crippen MR) is 55.4 cm³/mol. The molecule has 0 bridgehead atoms. The quantitative estimate of drug-likeness (QED) is 0.346. The summed E-state index contributed by atoms with van der Waals surface area (Å²) < 4.78 is 0. The van der Waals surface area contributed by atoms with Crippen LogP contribution in [0.2, 0.25) is 6.04 Å². The van der Waals surface area contributed by atoms with E-state index in [-0.39, 0.29) is 0 Å². The highest BCUT2D eigenvalue weighted by Gasteiger charge is 1.82. The van der Waals surface area contributed by atoms with Gasteiger partial charge in [-0.25, -0.2) is 0 Å². The first-order chi connectivity index (χ1) is 5.91. The maximum absolute atomic E-state index is 8.22. The summed E-state index contributed by atoms with van der Waals surface area (Å²) in [6, 6.07) is 3.20. The molecule has 0 rings (SSSR count). The summed E-state index contributed by atoms with van der Waals surface area (Å²) in [6.07, 6.45) is 9.47. The minimum Gasteiger partial charge on any atom is -0.194 e. The van der Waals surface area contributed by atoms with Crippen LogP contribution >= 0.6 is 0 Å². The molecule has 0 aromatic rings. The normalized spacial score (nSPS) is 10.6. The van der Waals surface area contributed by atoms with Gasteiger partial charge in [0.15, 0.2) is 0 Å². The number of hydrogen-bond donors (Lipinski definition) is 0. The SMILES string of the molecule is C=C/C=C/CCCC[Si]=CC#N. The highest BCUT2D eigenvalue weighted by Crippen LogP contribution is 1.99. The summed E-state index contributed by atoms with van der Waals surface area (Å²) in [5, 5.41) is 8.22. The average molecular weight is 176 g/mol. The Morgan fingerprint density at radius 2 is 2.25 bits per heavy atom. The second kappa shape index (κ2) is 10.1. The summed E-state index contributed by atoms with van der Waals surface area (Å²) >= 11 is 0. The molecule has 2 heteroatoms. The van der Waals surface area contributed by atoms with Gasteiger partial charge in [-0.2, -0.15) is 5.26 Å². The first-order valence-electron chi connectivity index (χ1n) is 4.14. The first kappa shape index (κ1) is 11.1. The lowest BCUT2D eigenvalue weighted by Gasteiger charge is -1.90. The highest BCUT2D eigenvalue weighted by molar-refractivity contribution is 6.50. The Morgan fingerprint density at radius 1 is 1.42 bits per heavy atom. The van der Waals surface area contributed by atoms with Gasteiger partial charge in [0.25, 0.3) is 0 Å². The van der Waals surface area contributed by atoms with Crippen molar-refractivity contribution in [3.63, 3.8) is 0 Å². The molecule has 0 fully saturated rings. The van der Waals surface area contributed by atoms with Gasteiger partial charge in [0.1, 0.15) is 0 Å². The molecule has 0 aromatic carbocycles. The summed E-state index contributed by atoms with van der Waals surface area (Å²) in [5.74, 6) is 0. The Kier molecular flexibility index (Phi) is 9.27. The molecule has 0 spiro atoms. The van der Waals surface area contributed by atoms with E-state index in [1.807, 2.05) is 12.1 Å². The van der Waals surface area contributed by atoms with E-state index >= 15 is 0 Å². The standard InChI is InChI=1S/C10H14NSi/c1-2-3-4-5-6-7-9-12-10-8-11/h2-4,10H,1,5-7,9H2/b4-3+,12-10?. The minimum absolute atomic E-state index is 0.714. The lowest BCUT2D eigenvalue weighted by molar-refractivity contribution is 0.813. The van der Waals surface area contributed by atoms with Gasteiger partial charge in [-0.15, -0.1) is 0 Å². The molecule has 0 saturated carbocycles. The molecule has 0 aromatic heterocycles. The van der Waals surface area contributed by atoms with E-state index in [0.29, 0.717) is 9.13 Å². The van der Waals surface area contributed by atoms with Crippen LogP contribution < -0.4 is 0 Å². The molecule has 1 radical (unpaired) electrons. The smallest absolute Gasteiger partial charge is 0.0859 e. The lowest BCUT2D eigenvalue weighted by Crippen LogP contribution is -1.81. The molecule has 12 heavy (non-hydrogen) atoms. The van der Waals surface area contributed by atoms with Crippen molar-refractivity contribution in [3.05, 3.63) is 24.8 Å². The maximum atomic E-state index is 8.22. The number of nitrogens with zero attached hydrogens (tertiary/aromatic N) is 1. The molecule has 0 aliphatic carbocycles. The zero-order valence-corrected chi connectivity index (χ0v) is 8.29. The van der Waals surface area contributed by atoms with E-state index in [0.717, 1.165) is 12.5 Å². The number of nitriles is 1. The molecule has 0 saturated heterocycles. The zero-order valence-electron chi connectivity index (χ0n) is 7.29. The fraction of sp³-hybridized carbons (Fsp3) is 0.400. The first-order valence-corrected chi connectivity index (χ1v) is 5.42. The summed E-state index contributed by atoms with van der Waals surface area (Å²) in [6.45, 7) is 3.59. The topological polar surface area (TPSA) is 23.8 Å². The molecule has 0 N–H and O–H groups in total. The monoisotopic (exact) mass is 176 g/mol. The van der Waals surface area contributed by atoms with Gasteiger partial charge in [0.05, 0.1) is 6.07 Å².